The van der Waals surface area contributed by atoms with Crippen molar-refractivity contribution in [3.63, 3.8) is 0 Å². The summed E-state index contributed by atoms with van der Waals surface area (Å²) < 4.78 is 0. The molecule has 0 unspecified atom stereocenters. The lowest BCUT2D eigenvalue weighted by molar-refractivity contribution is 0.477. The first-order valence-corrected chi connectivity index (χ1v) is 17.2. The Bertz CT molecular complexity index is 2160. The molecule has 3 aromatic carbocycles. The summed E-state index contributed by atoms with van der Waals surface area (Å²) in [4.78, 5) is 19.4. The van der Waals surface area contributed by atoms with E-state index in [4.69, 9.17) is 9.97 Å². The third kappa shape index (κ3) is 6.53. The Balaban J connectivity index is 0.00000212. The standard InChI is InChI=1S/C42H38N4O2.C2H6/c1-41(2,3)27-21-29(33-11-7-9-19-43-33)39(47)31(23-27)35-17-15-25-13-14-26-16-18-36(46-38(26)37(25)45-35)32-24-28(42(4,5)6)22-30(40(32)48)34-12-8-10-20-44-34;1-2/h7-24,47-48H,1-6H3;1-2H3. The molecule has 0 bridgehead atoms. The molecule has 0 saturated heterocycles. The van der Waals surface area contributed by atoms with Crippen LogP contribution in [0.15, 0.2) is 109 Å². The van der Waals surface area contributed by atoms with Crippen molar-refractivity contribution in [2.75, 3.05) is 0 Å². The number of hydrogen-bond donors (Lipinski definition) is 2. The number of phenols is 2. The largest absolute Gasteiger partial charge is 0.507 e. The molecule has 7 aromatic rings. The third-order valence-electron chi connectivity index (χ3n) is 8.91. The van der Waals surface area contributed by atoms with Crippen LogP contribution >= 0.6 is 0 Å². The average Bonchev–Trinajstić information content (AvgIpc) is 3.12. The molecule has 0 atom stereocenters. The van der Waals surface area contributed by atoms with Gasteiger partial charge in [0.05, 0.1) is 33.8 Å². The lowest BCUT2D eigenvalue weighted by Crippen LogP contribution is -2.11. The van der Waals surface area contributed by atoms with Crippen LogP contribution in [0.25, 0.3) is 66.8 Å². The van der Waals surface area contributed by atoms with Crippen LogP contribution in [-0.2, 0) is 10.8 Å². The number of pyridine rings is 4. The summed E-state index contributed by atoms with van der Waals surface area (Å²) in [5.41, 5.74) is 8.46. The zero-order valence-electron chi connectivity index (χ0n) is 30.1. The highest BCUT2D eigenvalue weighted by Gasteiger charge is 2.24. The van der Waals surface area contributed by atoms with Crippen molar-refractivity contribution < 1.29 is 10.2 Å². The molecule has 2 N–H and O–H groups in total. The summed E-state index contributed by atoms with van der Waals surface area (Å²) in [7, 11) is 0. The van der Waals surface area contributed by atoms with Crippen molar-refractivity contribution in [1.82, 2.24) is 19.9 Å². The summed E-state index contributed by atoms with van der Waals surface area (Å²) in [5.74, 6) is 0.266. The molecule has 0 aliphatic carbocycles. The Labute approximate surface area is 294 Å². The van der Waals surface area contributed by atoms with Crippen molar-refractivity contribution in [2.24, 2.45) is 0 Å². The van der Waals surface area contributed by atoms with Gasteiger partial charge in [0.15, 0.2) is 0 Å². The van der Waals surface area contributed by atoms with Crippen molar-refractivity contribution in [1.29, 1.82) is 0 Å². The van der Waals surface area contributed by atoms with Gasteiger partial charge in [0, 0.05) is 45.4 Å². The van der Waals surface area contributed by atoms with Gasteiger partial charge in [0.25, 0.3) is 0 Å². The Morgan fingerprint density at radius 3 is 1.10 bits per heavy atom. The smallest absolute Gasteiger partial charge is 0.134 e. The topological polar surface area (TPSA) is 92.0 Å². The Morgan fingerprint density at radius 2 is 0.780 bits per heavy atom. The summed E-state index contributed by atoms with van der Waals surface area (Å²) in [5, 5.41) is 25.2. The molecule has 50 heavy (non-hydrogen) atoms. The van der Waals surface area contributed by atoms with Crippen LogP contribution in [0.2, 0.25) is 0 Å². The van der Waals surface area contributed by atoms with Gasteiger partial charge in [-0.15, -0.1) is 0 Å². The van der Waals surface area contributed by atoms with Crippen molar-refractivity contribution in [2.45, 2.75) is 66.2 Å². The second-order valence-corrected chi connectivity index (χ2v) is 14.4. The van der Waals surface area contributed by atoms with Gasteiger partial charge in [-0.05, 0) is 82.6 Å². The van der Waals surface area contributed by atoms with Crippen LogP contribution in [0.4, 0.5) is 0 Å². The zero-order valence-corrected chi connectivity index (χ0v) is 30.1. The number of aromatic hydroxyl groups is 2. The Morgan fingerprint density at radius 1 is 0.440 bits per heavy atom. The van der Waals surface area contributed by atoms with Gasteiger partial charge >= 0.3 is 0 Å². The highest BCUT2D eigenvalue weighted by molar-refractivity contribution is 6.04. The predicted octanol–water partition coefficient (Wildman–Crippen LogP) is 11.3. The minimum atomic E-state index is -0.177. The molecule has 4 aromatic heterocycles. The number of nitrogens with zero attached hydrogens (tertiary/aromatic N) is 4. The fourth-order valence-corrected chi connectivity index (χ4v) is 6.03. The normalized spacial score (nSPS) is 11.8. The molecule has 0 aliphatic rings. The van der Waals surface area contributed by atoms with Crippen LogP contribution in [0.3, 0.4) is 0 Å². The summed E-state index contributed by atoms with van der Waals surface area (Å²) in [6.07, 6.45) is 3.46. The number of fused-ring (bicyclic) bond motifs is 3. The maximum Gasteiger partial charge on any atom is 0.134 e. The van der Waals surface area contributed by atoms with Crippen LogP contribution < -0.4 is 0 Å². The zero-order chi connectivity index (χ0) is 35.8. The molecule has 0 saturated carbocycles. The molecule has 6 heteroatoms. The van der Waals surface area contributed by atoms with Gasteiger partial charge in [-0.25, -0.2) is 9.97 Å². The van der Waals surface area contributed by atoms with Crippen LogP contribution in [0.5, 0.6) is 11.5 Å². The van der Waals surface area contributed by atoms with Gasteiger partial charge in [0.1, 0.15) is 11.5 Å². The number of aromatic nitrogens is 4. The van der Waals surface area contributed by atoms with Crippen LogP contribution in [0, 0.1) is 0 Å². The fraction of sp³-hybridized carbons (Fsp3) is 0.227. The molecular formula is C44H44N4O2. The third-order valence-corrected chi connectivity index (χ3v) is 8.91. The van der Waals surface area contributed by atoms with E-state index < -0.39 is 0 Å². The quantitative estimate of drug-likeness (QED) is 0.183. The number of rotatable bonds is 4. The molecule has 6 nitrogen and oxygen atoms in total. The molecule has 0 amide bonds. The van der Waals surface area contributed by atoms with Gasteiger partial charge in [0.2, 0.25) is 0 Å². The van der Waals surface area contributed by atoms with Crippen molar-refractivity contribution >= 4 is 21.8 Å². The molecule has 4 heterocycles. The van der Waals surface area contributed by atoms with E-state index in [1.807, 2.05) is 111 Å². The maximum absolute atomic E-state index is 11.7. The summed E-state index contributed by atoms with van der Waals surface area (Å²) in [6.45, 7) is 16.9. The van der Waals surface area contributed by atoms with E-state index in [2.05, 4.69) is 51.5 Å². The predicted molar refractivity (Wildman–Crippen MR) is 206 cm³/mol. The average molecular weight is 661 g/mol. The first-order chi connectivity index (χ1) is 23.9. The minimum Gasteiger partial charge on any atom is -0.507 e. The van der Waals surface area contributed by atoms with Gasteiger partial charge in [-0.1, -0.05) is 91.8 Å². The molecule has 7 rings (SSSR count). The van der Waals surface area contributed by atoms with Gasteiger partial charge < -0.3 is 10.2 Å². The maximum atomic E-state index is 11.7. The van der Waals surface area contributed by atoms with Gasteiger partial charge in [-0.3, -0.25) is 9.97 Å². The number of benzene rings is 3. The van der Waals surface area contributed by atoms with Crippen LogP contribution in [0.1, 0.15) is 66.5 Å². The second kappa shape index (κ2) is 13.4. The molecule has 252 valence electrons. The molecule has 0 spiro atoms. The van der Waals surface area contributed by atoms with Crippen LogP contribution in [-0.4, -0.2) is 30.1 Å². The van der Waals surface area contributed by atoms with Gasteiger partial charge in [-0.2, -0.15) is 0 Å². The van der Waals surface area contributed by atoms with E-state index in [-0.39, 0.29) is 22.3 Å². The number of phenolic OH excluding ortho intramolecular Hbond substituents is 2. The van der Waals surface area contributed by atoms with E-state index in [1.165, 1.54) is 0 Å². The van der Waals surface area contributed by atoms with Crippen molar-refractivity contribution in [3.05, 3.63) is 121 Å². The van der Waals surface area contributed by atoms with Crippen molar-refractivity contribution in [3.8, 4) is 56.5 Å². The van der Waals surface area contributed by atoms with E-state index in [0.717, 1.165) is 21.9 Å². The minimum absolute atomic E-state index is 0.133. The summed E-state index contributed by atoms with van der Waals surface area (Å²) in [6, 6.07) is 31.5. The Kier molecular flexibility index (Phi) is 9.15. The van der Waals surface area contributed by atoms with E-state index in [0.29, 0.717) is 56.1 Å². The highest BCUT2D eigenvalue weighted by Crippen LogP contribution is 2.43. The molecule has 0 aliphatic heterocycles. The monoisotopic (exact) mass is 660 g/mol. The molecular weight excluding hydrogens is 617 g/mol. The summed E-state index contributed by atoms with van der Waals surface area (Å²) >= 11 is 0. The lowest BCUT2D eigenvalue weighted by Gasteiger charge is -2.22. The second-order valence-electron chi connectivity index (χ2n) is 14.4. The lowest BCUT2D eigenvalue weighted by atomic mass is 9.83. The Hall–Kier alpha value is -5.62. The number of hydrogen-bond acceptors (Lipinski definition) is 6. The first-order valence-electron chi connectivity index (χ1n) is 17.2. The molecule has 0 radical (unpaired) electrons. The van der Waals surface area contributed by atoms with E-state index >= 15 is 0 Å². The fourth-order valence-electron chi connectivity index (χ4n) is 6.03. The molecule has 0 fully saturated rings. The first kappa shape index (κ1) is 34.3. The highest BCUT2D eigenvalue weighted by atomic mass is 16.3. The van der Waals surface area contributed by atoms with E-state index in [1.54, 1.807) is 12.4 Å². The van der Waals surface area contributed by atoms with E-state index in [9.17, 15) is 10.2 Å². The SMILES string of the molecule is CC.CC(C)(C)c1cc(-c2ccccn2)c(O)c(-c2ccc3ccc4ccc(-c5cc(C(C)(C)C)cc(-c6ccccn6)c5O)nc4c3n2)c1.